The lowest BCUT2D eigenvalue weighted by molar-refractivity contribution is 0.738. The topological polar surface area (TPSA) is 61.7 Å². The van der Waals surface area contributed by atoms with E-state index in [1.165, 1.54) is 0 Å². The summed E-state index contributed by atoms with van der Waals surface area (Å²) in [5, 5.41) is 9.67. The average Bonchev–Trinajstić information content (AvgIpc) is 2.81. The Labute approximate surface area is 92.1 Å². The van der Waals surface area contributed by atoms with Crippen molar-refractivity contribution in [2.45, 2.75) is 0 Å². The van der Waals surface area contributed by atoms with Crippen molar-refractivity contribution in [1.29, 1.82) is 0 Å². The van der Waals surface area contributed by atoms with Gasteiger partial charge in [-0.05, 0) is 6.07 Å². The highest BCUT2D eigenvalue weighted by Gasteiger charge is 2.10. The summed E-state index contributed by atoms with van der Waals surface area (Å²) in [5.74, 6) is 0.670. The van der Waals surface area contributed by atoms with Crippen LogP contribution in [0.1, 0.15) is 0 Å². The molecule has 0 saturated heterocycles. The highest BCUT2D eigenvalue weighted by Crippen LogP contribution is 2.20. The second-order valence-electron chi connectivity index (χ2n) is 3.70. The first-order chi connectivity index (χ1) is 7.75. The summed E-state index contributed by atoms with van der Waals surface area (Å²) in [4.78, 5) is 0. The van der Waals surface area contributed by atoms with Gasteiger partial charge in [0.25, 0.3) is 0 Å². The molecule has 2 heterocycles. The second kappa shape index (κ2) is 3.10. The van der Waals surface area contributed by atoms with Gasteiger partial charge in [0.05, 0.1) is 17.4 Å². The van der Waals surface area contributed by atoms with Crippen LogP contribution in [-0.4, -0.2) is 19.6 Å². The highest BCUT2D eigenvalue weighted by atomic mass is 15.4. The second-order valence-corrected chi connectivity index (χ2v) is 3.70. The number of benzene rings is 1. The van der Waals surface area contributed by atoms with Crippen LogP contribution in [0, 0.1) is 0 Å². The molecule has 0 spiro atoms. The third-order valence-corrected chi connectivity index (χ3v) is 2.51. The van der Waals surface area contributed by atoms with Gasteiger partial charge in [-0.2, -0.15) is 10.2 Å². The molecule has 80 valence electrons. The molecule has 0 radical (unpaired) electrons. The van der Waals surface area contributed by atoms with Crippen LogP contribution in [0.25, 0.3) is 16.7 Å². The van der Waals surface area contributed by atoms with E-state index >= 15 is 0 Å². The van der Waals surface area contributed by atoms with Crippen molar-refractivity contribution in [3.8, 4) is 5.82 Å². The summed E-state index contributed by atoms with van der Waals surface area (Å²) in [7, 11) is 1.84. The maximum atomic E-state index is 5.88. The van der Waals surface area contributed by atoms with Crippen molar-refractivity contribution < 1.29 is 0 Å². The predicted octanol–water partition coefficient (Wildman–Crippen LogP) is 1.34. The lowest BCUT2D eigenvalue weighted by Crippen LogP contribution is -2.01. The molecule has 0 aliphatic carbocycles. The van der Waals surface area contributed by atoms with Gasteiger partial charge in [-0.3, -0.25) is 4.68 Å². The molecule has 3 rings (SSSR count). The molecule has 0 unspecified atom stereocenters. The maximum Gasteiger partial charge on any atom is 0.198 e. The van der Waals surface area contributed by atoms with Gasteiger partial charge >= 0.3 is 0 Å². The summed E-state index contributed by atoms with van der Waals surface area (Å²) in [6.07, 6.45) is 3.58. The average molecular weight is 213 g/mol. The van der Waals surface area contributed by atoms with E-state index in [1.54, 1.807) is 15.6 Å². The molecule has 3 aromatic rings. The van der Waals surface area contributed by atoms with Crippen LogP contribution in [0.3, 0.4) is 0 Å². The first-order valence-electron chi connectivity index (χ1n) is 4.98. The van der Waals surface area contributed by atoms with Gasteiger partial charge in [-0.25, -0.2) is 4.68 Å². The van der Waals surface area contributed by atoms with Crippen LogP contribution in [0.4, 0.5) is 5.69 Å². The summed E-state index contributed by atoms with van der Waals surface area (Å²) in [6, 6.07) is 7.96. The quantitative estimate of drug-likeness (QED) is 0.663. The van der Waals surface area contributed by atoms with Crippen molar-refractivity contribution in [2.24, 2.45) is 7.05 Å². The van der Waals surface area contributed by atoms with Gasteiger partial charge in [0, 0.05) is 18.6 Å². The number of hydrogen-bond donors (Lipinski definition) is 1. The number of fused-ring (bicyclic) bond motifs is 1. The van der Waals surface area contributed by atoms with E-state index in [4.69, 9.17) is 5.73 Å². The minimum absolute atomic E-state index is 0.622. The Morgan fingerprint density at radius 1 is 1.25 bits per heavy atom. The SMILES string of the molecule is Cn1cc(N)c(-n2ncc3ccccc32)n1. The number of para-hydroxylation sites is 1. The molecule has 0 aliphatic heterocycles. The molecule has 16 heavy (non-hydrogen) atoms. The zero-order valence-corrected chi connectivity index (χ0v) is 8.83. The molecule has 2 N–H and O–H groups in total. The molecule has 0 bridgehead atoms. The van der Waals surface area contributed by atoms with Crippen molar-refractivity contribution in [3.05, 3.63) is 36.7 Å². The van der Waals surface area contributed by atoms with Crippen molar-refractivity contribution in [1.82, 2.24) is 19.6 Å². The summed E-state index contributed by atoms with van der Waals surface area (Å²) < 4.78 is 3.44. The first kappa shape index (κ1) is 8.96. The minimum Gasteiger partial charge on any atom is -0.394 e. The number of hydrogen-bond acceptors (Lipinski definition) is 3. The fraction of sp³-hybridized carbons (Fsp3) is 0.0909. The molecule has 0 fully saturated rings. The van der Waals surface area contributed by atoms with Gasteiger partial charge in [-0.1, -0.05) is 18.2 Å². The van der Waals surface area contributed by atoms with Gasteiger partial charge in [0.15, 0.2) is 5.82 Å². The third-order valence-electron chi connectivity index (χ3n) is 2.51. The van der Waals surface area contributed by atoms with E-state index in [1.807, 2.05) is 37.5 Å². The Morgan fingerprint density at radius 2 is 2.06 bits per heavy atom. The van der Waals surface area contributed by atoms with E-state index in [-0.39, 0.29) is 0 Å². The number of anilines is 1. The Bertz CT molecular complexity index is 649. The van der Waals surface area contributed by atoms with E-state index in [0.29, 0.717) is 11.5 Å². The molecule has 1 aromatic carbocycles. The summed E-state index contributed by atoms with van der Waals surface area (Å²) in [5.41, 5.74) is 7.51. The minimum atomic E-state index is 0.622. The van der Waals surface area contributed by atoms with Crippen LogP contribution >= 0.6 is 0 Å². The normalized spacial score (nSPS) is 11.1. The molecular weight excluding hydrogens is 202 g/mol. The van der Waals surface area contributed by atoms with Crippen LogP contribution in [0.5, 0.6) is 0 Å². The number of aryl methyl sites for hydroxylation is 1. The zero-order chi connectivity index (χ0) is 11.1. The molecule has 0 atom stereocenters. The van der Waals surface area contributed by atoms with Crippen LogP contribution in [0.2, 0.25) is 0 Å². The van der Waals surface area contributed by atoms with E-state index in [2.05, 4.69) is 10.2 Å². The molecular formula is C11H11N5. The Kier molecular flexibility index (Phi) is 1.73. The van der Waals surface area contributed by atoms with Gasteiger partial charge in [0.2, 0.25) is 0 Å². The van der Waals surface area contributed by atoms with E-state index < -0.39 is 0 Å². The molecule has 0 amide bonds. The molecule has 0 saturated carbocycles. The highest BCUT2D eigenvalue weighted by molar-refractivity contribution is 5.80. The van der Waals surface area contributed by atoms with Crippen LogP contribution < -0.4 is 5.73 Å². The monoisotopic (exact) mass is 213 g/mol. The smallest absolute Gasteiger partial charge is 0.198 e. The summed E-state index contributed by atoms with van der Waals surface area (Å²) >= 11 is 0. The number of aromatic nitrogens is 4. The maximum absolute atomic E-state index is 5.88. The predicted molar refractivity (Wildman–Crippen MR) is 62.2 cm³/mol. The molecule has 0 aliphatic rings. The Balaban J connectivity index is 2.30. The molecule has 2 aromatic heterocycles. The Morgan fingerprint density at radius 3 is 2.81 bits per heavy atom. The number of nitrogens with two attached hydrogens (primary N) is 1. The van der Waals surface area contributed by atoms with Crippen molar-refractivity contribution in [2.75, 3.05) is 5.73 Å². The van der Waals surface area contributed by atoms with E-state index in [0.717, 1.165) is 10.9 Å². The molecule has 5 heteroatoms. The van der Waals surface area contributed by atoms with Crippen molar-refractivity contribution >= 4 is 16.6 Å². The van der Waals surface area contributed by atoms with Gasteiger partial charge < -0.3 is 5.73 Å². The lowest BCUT2D eigenvalue weighted by Gasteiger charge is -1.99. The fourth-order valence-corrected chi connectivity index (χ4v) is 1.80. The number of rotatable bonds is 1. The summed E-state index contributed by atoms with van der Waals surface area (Å²) in [6.45, 7) is 0. The first-order valence-corrected chi connectivity index (χ1v) is 4.98. The van der Waals surface area contributed by atoms with Gasteiger partial charge in [0.1, 0.15) is 0 Å². The number of nitrogens with zero attached hydrogens (tertiary/aromatic N) is 4. The van der Waals surface area contributed by atoms with Gasteiger partial charge in [-0.15, -0.1) is 0 Å². The fourth-order valence-electron chi connectivity index (χ4n) is 1.80. The van der Waals surface area contributed by atoms with E-state index in [9.17, 15) is 0 Å². The van der Waals surface area contributed by atoms with Crippen molar-refractivity contribution in [3.63, 3.8) is 0 Å². The zero-order valence-electron chi connectivity index (χ0n) is 8.83. The Hall–Kier alpha value is -2.30. The largest absolute Gasteiger partial charge is 0.394 e. The standard InChI is InChI=1S/C11H11N5/c1-15-7-9(12)11(14-15)16-10-5-3-2-4-8(10)6-13-16/h2-7H,12H2,1H3. The lowest BCUT2D eigenvalue weighted by atomic mass is 10.2. The number of nitrogen functional groups attached to an aromatic ring is 1. The van der Waals surface area contributed by atoms with Crippen LogP contribution in [-0.2, 0) is 7.05 Å². The van der Waals surface area contributed by atoms with Crippen LogP contribution in [0.15, 0.2) is 36.7 Å². The third kappa shape index (κ3) is 1.18. The molecule has 5 nitrogen and oxygen atoms in total.